The Morgan fingerprint density at radius 1 is 0.762 bits per heavy atom. The molecule has 0 spiro atoms. The summed E-state index contributed by atoms with van der Waals surface area (Å²) < 4.78 is 89.2. The molecule has 1 aromatic heterocycles. The second-order valence-corrected chi connectivity index (χ2v) is 4.09. The smallest absolute Gasteiger partial charge is 0.251 e. The van der Waals surface area contributed by atoms with E-state index in [0.717, 1.165) is 12.1 Å². The first kappa shape index (κ1) is 15.3. The van der Waals surface area contributed by atoms with Gasteiger partial charge in [0.25, 0.3) is 0 Å². The van der Waals surface area contributed by atoms with Gasteiger partial charge in [-0.05, 0) is 23.8 Å². The molecule has 2 aromatic rings. The highest BCUT2D eigenvalue weighted by Gasteiger charge is 2.37. The maximum absolute atomic E-state index is 13.6. The number of aromatic nitrogens is 1. The summed E-state index contributed by atoms with van der Waals surface area (Å²) in [7, 11) is 0. The van der Waals surface area contributed by atoms with Gasteiger partial charge in [-0.15, -0.1) is 0 Å². The van der Waals surface area contributed by atoms with Crippen LogP contribution in [0.3, 0.4) is 0 Å². The minimum absolute atomic E-state index is 0.332. The number of pyridine rings is 1. The molecule has 2 rings (SSSR count). The van der Waals surface area contributed by atoms with E-state index in [9.17, 15) is 30.7 Å². The lowest BCUT2D eigenvalue weighted by Crippen LogP contribution is -2.11. The van der Waals surface area contributed by atoms with Crippen molar-refractivity contribution in [2.45, 2.75) is 12.4 Å². The third-order valence-electron chi connectivity index (χ3n) is 2.67. The molecule has 1 heterocycles. The zero-order valence-electron chi connectivity index (χ0n) is 10.1. The maximum atomic E-state index is 13.6. The fraction of sp³-hybridized carbons (Fsp3) is 0.154. The van der Waals surface area contributed by atoms with Crippen LogP contribution in [0.4, 0.5) is 30.7 Å². The van der Waals surface area contributed by atoms with Crippen LogP contribution >= 0.6 is 0 Å². The fourth-order valence-corrected chi connectivity index (χ4v) is 1.75. The molecule has 0 saturated carbocycles. The zero-order chi connectivity index (χ0) is 15.8. The summed E-state index contributed by atoms with van der Waals surface area (Å²) >= 11 is 0. The molecule has 0 bridgehead atoms. The molecule has 0 fully saturated rings. The molecule has 0 amide bonds. The number of nitrogens with zero attached hydrogens (tertiary/aromatic N) is 1. The molecular formula is C13H6F7N. The van der Waals surface area contributed by atoms with Crippen molar-refractivity contribution in [2.75, 3.05) is 0 Å². The highest BCUT2D eigenvalue weighted by Crippen LogP contribution is 2.38. The molecule has 0 radical (unpaired) electrons. The lowest BCUT2D eigenvalue weighted by Gasteiger charge is -2.13. The van der Waals surface area contributed by atoms with Gasteiger partial charge in [-0.2, -0.15) is 26.3 Å². The largest absolute Gasteiger partial charge is 0.434 e. The number of hydrogen-bond donors (Lipinski definition) is 0. The third-order valence-corrected chi connectivity index (χ3v) is 2.67. The van der Waals surface area contributed by atoms with Gasteiger partial charge in [0.15, 0.2) is 5.69 Å². The van der Waals surface area contributed by atoms with Crippen LogP contribution in [0.1, 0.15) is 11.3 Å². The summed E-state index contributed by atoms with van der Waals surface area (Å²) in [5.41, 5.74) is -3.73. The first-order chi connectivity index (χ1) is 9.60. The van der Waals surface area contributed by atoms with Crippen molar-refractivity contribution in [3.63, 3.8) is 0 Å². The van der Waals surface area contributed by atoms with E-state index in [1.807, 2.05) is 0 Å². The van der Waals surface area contributed by atoms with Crippen molar-refractivity contribution >= 4 is 0 Å². The highest BCUT2D eigenvalue weighted by molar-refractivity contribution is 5.67. The molecule has 0 aliphatic carbocycles. The van der Waals surface area contributed by atoms with Crippen LogP contribution in [0.2, 0.25) is 0 Å². The molecule has 0 aliphatic rings. The summed E-state index contributed by atoms with van der Waals surface area (Å²) in [6, 6.07) is 3.43. The number of halogens is 7. The first-order valence-corrected chi connectivity index (χ1v) is 5.50. The van der Waals surface area contributed by atoms with Gasteiger partial charge in [0.1, 0.15) is 5.82 Å². The Morgan fingerprint density at radius 2 is 1.33 bits per heavy atom. The Bertz CT molecular complexity index is 641. The van der Waals surface area contributed by atoms with Gasteiger partial charge >= 0.3 is 12.4 Å². The van der Waals surface area contributed by atoms with E-state index in [4.69, 9.17) is 0 Å². The summed E-state index contributed by atoms with van der Waals surface area (Å²) in [6.45, 7) is 0. The van der Waals surface area contributed by atoms with Crippen molar-refractivity contribution in [2.24, 2.45) is 0 Å². The van der Waals surface area contributed by atoms with E-state index in [0.29, 0.717) is 24.4 Å². The van der Waals surface area contributed by atoms with Gasteiger partial charge in [0.05, 0.1) is 5.56 Å². The van der Waals surface area contributed by atoms with Crippen LogP contribution in [-0.2, 0) is 12.4 Å². The van der Waals surface area contributed by atoms with Gasteiger partial charge < -0.3 is 0 Å². The number of benzene rings is 1. The molecule has 112 valence electrons. The Kier molecular flexibility index (Phi) is 3.65. The molecule has 0 atom stereocenters. The van der Waals surface area contributed by atoms with Gasteiger partial charge in [0, 0.05) is 11.8 Å². The Morgan fingerprint density at radius 3 is 1.81 bits per heavy atom. The standard InChI is InChI=1S/C13H6F7N/c14-9-5-6-21-11(13(18,19)20)10(9)7-1-3-8(4-2-7)12(15,16)17/h1-6H. The predicted octanol–water partition coefficient (Wildman–Crippen LogP) is 4.93. The van der Waals surface area contributed by atoms with E-state index in [2.05, 4.69) is 4.98 Å². The lowest BCUT2D eigenvalue weighted by molar-refractivity contribution is -0.141. The van der Waals surface area contributed by atoms with E-state index in [1.165, 1.54) is 0 Å². The molecule has 21 heavy (non-hydrogen) atoms. The van der Waals surface area contributed by atoms with Crippen molar-refractivity contribution in [3.05, 3.63) is 53.6 Å². The Balaban J connectivity index is 2.57. The molecule has 0 saturated heterocycles. The minimum atomic E-state index is -4.92. The van der Waals surface area contributed by atoms with Gasteiger partial charge in [0.2, 0.25) is 0 Å². The quantitative estimate of drug-likeness (QED) is 0.681. The summed E-state index contributed by atoms with van der Waals surface area (Å²) in [4.78, 5) is 3.07. The van der Waals surface area contributed by atoms with Gasteiger partial charge in [-0.3, -0.25) is 4.98 Å². The van der Waals surface area contributed by atoms with Crippen molar-refractivity contribution < 1.29 is 30.7 Å². The average molecular weight is 309 g/mol. The van der Waals surface area contributed by atoms with E-state index in [1.54, 1.807) is 0 Å². The molecule has 1 aromatic carbocycles. The lowest BCUT2D eigenvalue weighted by atomic mass is 10.0. The molecule has 0 unspecified atom stereocenters. The van der Waals surface area contributed by atoms with Crippen LogP contribution in [0, 0.1) is 5.82 Å². The van der Waals surface area contributed by atoms with Crippen molar-refractivity contribution in [3.8, 4) is 11.1 Å². The monoisotopic (exact) mass is 309 g/mol. The number of hydrogen-bond acceptors (Lipinski definition) is 1. The Labute approximate surface area is 114 Å². The van der Waals surface area contributed by atoms with Crippen molar-refractivity contribution in [1.29, 1.82) is 0 Å². The maximum Gasteiger partial charge on any atom is 0.434 e. The second kappa shape index (κ2) is 5.01. The van der Waals surface area contributed by atoms with Gasteiger partial charge in [-0.1, -0.05) is 12.1 Å². The third kappa shape index (κ3) is 3.14. The zero-order valence-corrected chi connectivity index (χ0v) is 10.1. The predicted molar refractivity (Wildman–Crippen MR) is 59.6 cm³/mol. The summed E-state index contributed by atoms with van der Waals surface area (Å²) in [5, 5.41) is 0. The van der Waals surface area contributed by atoms with E-state index in [-0.39, 0.29) is 5.56 Å². The van der Waals surface area contributed by atoms with Crippen LogP contribution < -0.4 is 0 Å². The van der Waals surface area contributed by atoms with Crippen LogP contribution in [0.25, 0.3) is 11.1 Å². The minimum Gasteiger partial charge on any atom is -0.251 e. The highest BCUT2D eigenvalue weighted by atomic mass is 19.4. The van der Waals surface area contributed by atoms with Crippen LogP contribution in [0.5, 0.6) is 0 Å². The van der Waals surface area contributed by atoms with Crippen LogP contribution in [0.15, 0.2) is 36.5 Å². The van der Waals surface area contributed by atoms with Crippen molar-refractivity contribution in [1.82, 2.24) is 4.98 Å². The normalized spacial score (nSPS) is 12.5. The Hall–Kier alpha value is -2.12. The molecule has 8 heteroatoms. The number of alkyl halides is 6. The fourth-order valence-electron chi connectivity index (χ4n) is 1.75. The van der Waals surface area contributed by atoms with Crippen LogP contribution in [-0.4, -0.2) is 4.98 Å². The molecular weight excluding hydrogens is 303 g/mol. The topological polar surface area (TPSA) is 12.9 Å². The molecule has 0 N–H and O–H groups in total. The molecule has 0 aliphatic heterocycles. The number of rotatable bonds is 1. The molecule has 1 nitrogen and oxygen atoms in total. The van der Waals surface area contributed by atoms with E-state index >= 15 is 0 Å². The van der Waals surface area contributed by atoms with Gasteiger partial charge in [-0.25, -0.2) is 4.39 Å². The SMILES string of the molecule is Fc1ccnc(C(F)(F)F)c1-c1ccc(C(F)(F)F)cc1. The van der Waals surface area contributed by atoms with E-state index < -0.39 is 35.0 Å². The summed E-state index contributed by atoms with van der Waals surface area (Å²) in [6.07, 6.45) is -8.90. The first-order valence-electron chi connectivity index (χ1n) is 5.50. The second-order valence-electron chi connectivity index (χ2n) is 4.09. The summed E-state index contributed by atoms with van der Waals surface area (Å²) in [5.74, 6) is -1.21. The average Bonchev–Trinajstić information content (AvgIpc) is 2.36.